The first-order valence-corrected chi connectivity index (χ1v) is 5.10. The molecule has 1 aromatic rings. The van der Waals surface area contributed by atoms with Gasteiger partial charge in [0.2, 0.25) is 0 Å². The Labute approximate surface area is 95.1 Å². The van der Waals surface area contributed by atoms with Crippen molar-refractivity contribution >= 4 is 17.3 Å². The van der Waals surface area contributed by atoms with Crippen molar-refractivity contribution in [1.29, 1.82) is 5.26 Å². The van der Waals surface area contributed by atoms with Crippen LogP contribution in [-0.2, 0) is 6.54 Å². The van der Waals surface area contributed by atoms with Crippen LogP contribution in [0.25, 0.3) is 0 Å². The van der Waals surface area contributed by atoms with Gasteiger partial charge in [0.05, 0.1) is 6.07 Å². The number of nitrogens with zero attached hydrogens (tertiary/aromatic N) is 2. The highest BCUT2D eigenvalue weighted by Gasteiger charge is 2.04. The highest BCUT2D eigenvalue weighted by molar-refractivity contribution is 6.31. The smallest absolute Gasteiger partial charge is 0.0635 e. The molecule has 0 saturated heterocycles. The van der Waals surface area contributed by atoms with Crippen LogP contribution in [0.3, 0.4) is 0 Å². The lowest BCUT2D eigenvalue weighted by Crippen LogP contribution is -2.19. The van der Waals surface area contributed by atoms with Gasteiger partial charge in [-0.3, -0.25) is 0 Å². The predicted molar refractivity (Wildman–Crippen MR) is 62.4 cm³/mol. The van der Waals surface area contributed by atoms with Crippen LogP contribution >= 0.6 is 11.6 Å². The molecule has 4 heteroatoms. The fourth-order valence-corrected chi connectivity index (χ4v) is 1.50. The van der Waals surface area contributed by atoms with Crippen molar-refractivity contribution in [2.24, 2.45) is 0 Å². The second-order valence-electron chi connectivity index (χ2n) is 3.50. The third-order valence-electron chi connectivity index (χ3n) is 2.12. The molecule has 0 aliphatic heterocycles. The summed E-state index contributed by atoms with van der Waals surface area (Å²) in [6.07, 6.45) is 0.524. The van der Waals surface area contributed by atoms with Crippen LogP contribution in [0.4, 0.5) is 5.69 Å². The average molecular weight is 224 g/mol. The number of halogens is 1. The molecular weight excluding hydrogens is 210 g/mol. The van der Waals surface area contributed by atoms with Crippen molar-refractivity contribution in [3.63, 3.8) is 0 Å². The summed E-state index contributed by atoms with van der Waals surface area (Å²) >= 11 is 6.03. The number of hydrogen-bond donors (Lipinski definition) is 1. The zero-order valence-corrected chi connectivity index (χ0v) is 9.46. The fraction of sp³-hybridized carbons (Fsp3) is 0.364. The third kappa shape index (κ3) is 3.78. The number of rotatable bonds is 4. The normalized spacial score (nSPS) is 10.3. The third-order valence-corrected chi connectivity index (χ3v) is 2.48. The highest BCUT2D eigenvalue weighted by Crippen LogP contribution is 2.20. The largest absolute Gasteiger partial charge is 0.399 e. The van der Waals surface area contributed by atoms with E-state index in [1.54, 1.807) is 12.1 Å². The maximum atomic E-state index is 8.46. The average Bonchev–Trinajstić information content (AvgIpc) is 2.20. The van der Waals surface area contributed by atoms with Gasteiger partial charge < -0.3 is 10.6 Å². The zero-order chi connectivity index (χ0) is 11.3. The topological polar surface area (TPSA) is 53.0 Å². The monoisotopic (exact) mass is 223 g/mol. The quantitative estimate of drug-likeness (QED) is 0.797. The van der Waals surface area contributed by atoms with E-state index in [4.69, 9.17) is 22.6 Å². The lowest BCUT2D eigenvalue weighted by molar-refractivity contribution is 0.335. The molecular formula is C11H14ClN3. The van der Waals surface area contributed by atoms with E-state index < -0.39 is 0 Å². The number of nitriles is 1. The predicted octanol–water partition coefficient (Wildman–Crippen LogP) is 2.27. The van der Waals surface area contributed by atoms with Gasteiger partial charge in [0.25, 0.3) is 0 Å². The van der Waals surface area contributed by atoms with Crippen LogP contribution in [0.5, 0.6) is 0 Å². The van der Waals surface area contributed by atoms with Crippen LogP contribution in [0.1, 0.15) is 12.0 Å². The van der Waals surface area contributed by atoms with Gasteiger partial charge in [-0.15, -0.1) is 0 Å². The second-order valence-corrected chi connectivity index (χ2v) is 3.90. The number of nitrogen functional groups attached to an aromatic ring is 1. The zero-order valence-electron chi connectivity index (χ0n) is 8.70. The maximum absolute atomic E-state index is 8.46. The van der Waals surface area contributed by atoms with Gasteiger partial charge in [-0.2, -0.15) is 5.26 Å². The molecule has 3 nitrogen and oxygen atoms in total. The summed E-state index contributed by atoms with van der Waals surface area (Å²) in [6, 6.07) is 7.55. The summed E-state index contributed by atoms with van der Waals surface area (Å²) in [5, 5.41) is 9.17. The first-order valence-electron chi connectivity index (χ1n) is 4.73. The Morgan fingerprint density at radius 1 is 1.53 bits per heavy atom. The van der Waals surface area contributed by atoms with E-state index in [2.05, 4.69) is 6.07 Å². The molecule has 0 radical (unpaired) electrons. The second kappa shape index (κ2) is 5.59. The van der Waals surface area contributed by atoms with Crippen molar-refractivity contribution < 1.29 is 0 Å². The van der Waals surface area contributed by atoms with Crippen LogP contribution < -0.4 is 5.73 Å². The molecule has 0 fully saturated rings. The molecule has 0 unspecified atom stereocenters. The molecule has 80 valence electrons. The minimum atomic E-state index is 0.524. The first-order chi connectivity index (χ1) is 7.13. The minimum Gasteiger partial charge on any atom is -0.399 e. The Balaban J connectivity index is 2.64. The van der Waals surface area contributed by atoms with E-state index in [1.807, 2.05) is 18.0 Å². The van der Waals surface area contributed by atoms with Gasteiger partial charge >= 0.3 is 0 Å². The van der Waals surface area contributed by atoms with E-state index >= 15 is 0 Å². The number of anilines is 1. The molecule has 0 amide bonds. The van der Waals surface area contributed by atoms with Crippen molar-refractivity contribution in [2.45, 2.75) is 13.0 Å². The van der Waals surface area contributed by atoms with Gasteiger partial charge in [-0.05, 0) is 30.8 Å². The van der Waals surface area contributed by atoms with Gasteiger partial charge in [0.15, 0.2) is 0 Å². The maximum Gasteiger partial charge on any atom is 0.0635 e. The van der Waals surface area contributed by atoms with E-state index in [9.17, 15) is 0 Å². The molecule has 0 aromatic heterocycles. The first kappa shape index (κ1) is 11.8. The lowest BCUT2D eigenvalue weighted by Gasteiger charge is -2.16. The fourth-order valence-electron chi connectivity index (χ4n) is 1.33. The number of nitrogens with two attached hydrogens (primary N) is 1. The van der Waals surface area contributed by atoms with E-state index in [0.29, 0.717) is 23.7 Å². The van der Waals surface area contributed by atoms with Gasteiger partial charge in [0.1, 0.15) is 0 Å². The Morgan fingerprint density at radius 3 is 2.93 bits per heavy atom. The van der Waals surface area contributed by atoms with Crippen LogP contribution in [-0.4, -0.2) is 18.5 Å². The van der Waals surface area contributed by atoms with Crippen molar-refractivity contribution in [2.75, 3.05) is 19.3 Å². The molecule has 2 N–H and O–H groups in total. The lowest BCUT2D eigenvalue weighted by atomic mass is 10.2. The number of hydrogen-bond acceptors (Lipinski definition) is 3. The molecule has 0 heterocycles. The van der Waals surface area contributed by atoms with Gasteiger partial charge in [-0.25, -0.2) is 0 Å². The molecule has 0 spiro atoms. The summed E-state index contributed by atoms with van der Waals surface area (Å²) in [6.45, 7) is 1.45. The molecule has 0 bridgehead atoms. The van der Waals surface area contributed by atoms with Crippen molar-refractivity contribution in [1.82, 2.24) is 4.90 Å². The Kier molecular flexibility index (Phi) is 4.41. The molecule has 0 atom stereocenters. The summed E-state index contributed by atoms with van der Waals surface area (Å²) in [5.74, 6) is 0. The molecule has 0 aliphatic carbocycles. The summed E-state index contributed by atoms with van der Waals surface area (Å²) in [4.78, 5) is 2.05. The SMILES string of the molecule is CN(CCC#N)Cc1cc(N)ccc1Cl. The summed E-state index contributed by atoms with van der Waals surface area (Å²) < 4.78 is 0. The van der Waals surface area contributed by atoms with E-state index in [1.165, 1.54) is 0 Å². The van der Waals surface area contributed by atoms with Crippen molar-refractivity contribution in [3.8, 4) is 6.07 Å². The Morgan fingerprint density at radius 2 is 2.27 bits per heavy atom. The Bertz CT molecular complexity index is 371. The molecule has 1 aromatic carbocycles. The Hall–Kier alpha value is -1.24. The van der Waals surface area contributed by atoms with Crippen LogP contribution in [0, 0.1) is 11.3 Å². The van der Waals surface area contributed by atoms with Gasteiger partial charge in [-0.1, -0.05) is 11.6 Å². The summed E-state index contributed by atoms with van der Waals surface area (Å²) in [7, 11) is 1.96. The summed E-state index contributed by atoms with van der Waals surface area (Å²) in [5.41, 5.74) is 7.38. The minimum absolute atomic E-state index is 0.524. The van der Waals surface area contributed by atoms with Crippen LogP contribution in [0.2, 0.25) is 5.02 Å². The molecule has 1 rings (SSSR count). The van der Waals surface area contributed by atoms with Crippen LogP contribution in [0.15, 0.2) is 18.2 Å². The van der Waals surface area contributed by atoms with E-state index in [-0.39, 0.29) is 0 Å². The van der Waals surface area contributed by atoms with Gasteiger partial charge in [0, 0.05) is 30.2 Å². The standard InChI is InChI=1S/C11H14ClN3/c1-15(6-2-5-13)8-9-7-10(14)3-4-11(9)12/h3-4,7H,2,6,8,14H2,1H3. The molecule has 0 saturated carbocycles. The van der Waals surface area contributed by atoms with E-state index in [0.717, 1.165) is 12.1 Å². The molecule has 0 aliphatic rings. The highest BCUT2D eigenvalue weighted by atomic mass is 35.5. The number of benzene rings is 1. The van der Waals surface area contributed by atoms with Crippen molar-refractivity contribution in [3.05, 3.63) is 28.8 Å². The molecule has 15 heavy (non-hydrogen) atoms.